The van der Waals surface area contributed by atoms with Crippen LogP contribution >= 0.6 is 0 Å². The number of hydrogen-bond acceptors (Lipinski definition) is 5. The number of nitro benzene ring substituents is 2. The Morgan fingerprint density at radius 2 is 1.84 bits per heavy atom. The van der Waals surface area contributed by atoms with E-state index in [1.165, 1.54) is 6.07 Å². The summed E-state index contributed by atoms with van der Waals surface area (Å²) in [5, 5.41) is 22.2. The Morgan fingerprint density at radius 1 is 1.16 bits per heavy atom. The van der Waals surface area contributed by atoms with Gasteiger partial charge in [-0.2, -0.15) is 0 Å². The molecule has 8 nitrogen and oxygen atoms in total. The Kier molecular flexibility index (Phi) is 3.81. The van der Waals surface area contributed by atoms with Gasteiger partial charge < -0.3 is 4.90 Å². The summed E-state index contributed by atoms with van der Waals surface area (Å²) in [6.07, 6.45) is 2.75. The summed E-state index contributed by atoms with van der Waals surface area (Å²) in [6.45, 7) is 7.08. The van der Waals surface area contributed by atoms with Crippen LogP contribution in [0.15, 0.2) is 18.2 Å². The molecular formula is C17H21N3O5. The van der Waals surface area contributed by atoms with Crippen molar-refractivity contribution in [1.29, 1.82) is 0 Å². The average Bonchev–Trinajstić information content (AvgIpc) is 2.74. The van der Waals surface area contributed by atoms with Gasteiger partial charge in [0, 0.05) is 18.7 Å². The molecule has 1 saturated heterocycles. The average molecular weight is 347 g/mol. The topological polar surface area (TPSA) is 107 Å². The molecule has 0 N–H and O–H groups in total. The fraction of sp³-hybridized carbons (Fsp3) is 0.588. The summed E-state index contributed by atoms with van der Waals surface area (Å²) >= 11 is 0. The molecule has 0 aromatic heterocycles. The molecule has 2 aliphatic rings. The highest BCUT2D eigenvalue weighted by atomic mass is 16.6. The molecule has 0 spiro atoms. The molecule has 1 aliphatic carbocycles. The van der Waals surface area contributed by atoms with Crippen LogP contribution in [0.4, 0.5) is 11.4 Å². The monoisotopic (exact) mass is 347 g/mol. The van der Waals surface area contributed by atoms with Gasteiger partial charge in [0.05, 0.1) is 15.9 Å². The molecular weight excluding hydrogens is 326 g/mol. The molecule has 2 atom stereocenters. The number of nitrogens with zero attached hydrogens (tertiary/aromatic N) is 3. The van der Waals surface area contributed by atoms with Crippen LogP contribution in [0.25, 0.3) is 0 Å². The number of rotatable bonds is 3. The number of carbonyl (C=O) groups is 1. The van der Waals surface area contributed by atoms with Gasteiger partial charge in [0.15, 0.2) is 0 Å². The molecule has 1 aliphatic heterocycles. The van der Waals surface area contributed by atoms with E-state index < -0.39 is 27.1 Å². The zero-order chi connectivity index (χ0) is 18.6. The van der Waals surface area contributed by atoms with Gasteiger partial charge in [-0.05, 0) is 36.2 Å². The number of carbonyl (C=O) groups excluding carboxylic acids is 1. The molecule has 25 heavy (non-hydrogen) atoms. The van der Waals surface area contributed by atoms with E-state index in [4.69, 9.17) is 0 Å². The number of nitro groups is 2. The number of benzene rings is 1. The van der Waals surface area contributed by atoms with Gasteiger partial charge in [0.25, 0.3) is 17.3 Å². The maximum Gasteiger partial charge on any atom is 0.289 e. The summed E-state index contributed by atoms with van der Waals surface area (Å²) in [5.41, 5.74) is -0.850. The van der Waals surface area contributed by atoms with Crippen molar-refractivity contribution in [3.63, 3.8) is 0 Å². The predicted molar refractivity (Wildman–Crippen MR) is 90.3 cm³/mol. The van der Waals surface area contributed by atoms with Crippen molar-refractivity contribution in [3.05, 3.63) is 44.0 Å². The van der Waals surface area contributed by atoms with E-state index in [2.05, 4.69) is 20.8 Å². The molecule has 0 radical (unpaired) electrons. The molecule has 1 heterocycles. The van der Waals surface area contributed by atoms with Gasteiger partial charge in [-0.25, -0.2) is 0 Å². The second-order valence-corrected chi connectivity index (χ2v) is 8.36. The highest BCUT2D eigenvalue weighted by Crippen LogP contribution is 2.52. The molecule has 8 heteroatoms. The van der Waals surface area contributed by atoms with Crippen LogP contribution in [-0.4, -0.2) is 33.2 Å². The molecule has 134 valence electrons. The molecule has 0 unspecified atom stereocenters. The maximum atomic E-state index is 13.0. The molecule has 1 amide bonds. The molecule has 1 aromatic carbocycles. The van der Waals surface area contributed by atoms with Crippen LogP contribution in [0, 0.1) is 31.1 Å². The lowest BCUT2D eigenvalue weighted by atomic mass is 9.65. The normalized spacial score (nSPS) is 27.2. The van der Waals surface area contributed by atoms with Gasteiger partial charge in [-0.15, -0.1) is 0 Å². The SMILES string of the molecule is CC1(C)C[C@@H]2C[C@](C)(CN2C(=O)c2ccc([N+](=O)[O-])cc2[N+](=O)[O-])C1. The van der Waals surface area contributed by atoms with Gasteiger partial charge in [0.1, 0.15) is 5.56 Å². The Balaban J connectivity index is 1.97. The highest BCUT2D eigenvalue weighted by molar-refractivity contribution is 5.99. The van der Waals surface area contributed by atoms with E-state index in [1.54, 1.807) is 4.90 Å². The Hall–Kier alpha value is -2.51. The molecule has 1 saturated carbocycles. The summed E-state index contributed by atoms with van der Waals surface area (Å²) in [7, 11) is 0. The third kappa shape index (κ3) is 3.08. The zero-order valence-electron chi connectivity index (χ0n) is 14.5. The van der Waals surface area contributed by atoms with Crippen LogP contribution in [-0.2, 0) is 0 Å². The third-order valence-corrected chi connectivity index (χ3v) is 5.29. The largest absolute Gasteiger partial charge is 0.335 e. The lowest BCUT2D eigenvalue weighted by molar-refractivity contribution is -0.394. The van der Waals surface area contributed by atoms with E-state index in [-0.39, 0.29) is 22.4 Å². The number of amides is 1. The Morgan fingerprint density at radius 3 is 2.44 bits per heavy atom. The van der Waals surface area contributed by atoms with Gasteiger partial charge in [0.2, 0.25) is 0 Å². The predicted octanol–water partition coefficient (Wildman–Crippen LogP) is 3.54. The van der Waals surface area contributed by atoms with Crippen LogP contribution in [0.5, 0.6) is 0 Å². The van der Waals surface area contributed by atoms with Crippen molar-refractivity contribution >= 4 is 17.3 Å². The molecule has 2 bridgehead atoms. The smallest absolute Gasteiger partial charge is 0.289 e. The van der Waals surface area contributed by atoms with Crippen molar-refractivity contribution < 1.29 is 14.6 Å². The summed E-state index contributed by atoms with van der Waals surface area (Å²) in [6, 6.07) is 3.26. The Bertz CT molecular complexity index is 776. The number of hydrogen-bond donors (Lipinski definition) is 0. The highest BCUT2D eigenvalue weighted by Gasteiger charge is 2.51. The summed E-state index contributed by atoms with van der Waals surface area (Å²) < 4.78 is 0. The minimum absolute atomic E-state index is 0.0115. The number of fused-ring (bicyclic) bond motifs is 2. The standard InChI is InChI=1S/C17H21N3O5/c1-16(2)7-12-8-17(3,9-16)10-18(12)15(21)13-5-4-11(19(22)23)6-14(13)20(24)25/h4-6,12H,7-10H2,1-3H3/t12-,17+/m1/s1. The first-order chi connectivity index (χ1) is 11.5. The fourth-order valence-corrected chi connectivity index (χ4v) is 4.82. The van der Waals surface area contributed by atoms with Crippen molar-refractivity contribution in [2.24, 2.45) is 10.8 Å². The number of non-ortho nitro benzene ring substituents is 1. The molecule has 2 fully saturated rings. The van der Waals surface area contributed by atoms with Gasteiger partial charge in [-0.3, -0.25) is 25.0 Å². The lowest BCUT2D eigenvalue weighted by Crippen LogP contribution is -2.38. The lowest BCUT2D eigenvalue weighted by Gasteiger charge is -2.39. The minimum Gasteiger partial charge on any atom is -0.335 e. The van der Waals surface area contributed by atoms with Gasteiger partial charge >= 0.3 is 0 Å². The fourth-order valence-electron chi connectivity index (χ4n) is 4.82. The maximum absolute atomic E-state index is 13.0. The van der Waals surface area contributed by atoms with E-state index in [9.17, 15) is 25.0 Å². The third-order valence-electron chi connectivity index (χ3n) is 5.29. The van der Waals surface area contributed by atoms with E-state index in [0.717, 1.165) is 31.4 Å². The summed E-state index contributed by atoms with van der Waals surface area (Å²) in [5.74, 6) is -0.409. The molecule has 1 aromatic rings. The van der Waals surface area contributed by atoms with E-state index in [0.29, 0.717) is 6.54 Å². The van der Waals surface area contributed by atoms with Crippen molar-refractivity contribution in [2.75, 3.05) is 6.54 Å². The summed E-state index contributed by atoms with van der Waals surface area (Å²) in [4.78, 5) is 35.5. The molecule has 3 rings (SSSR count). The van der Waals surface area contributed by atoms with Crippen molar-refractivity contribution in [3.8, 4) is 0 Å². The van der Waals surface area contributed by atoms with Crippen LogP contribution in [0.1, 0.15) is 50.4 Å². The quantitative estimate of drug-likeness (QED) is 0.614. The first-order valence-corrected chi connectivity index (χ1v) is 8.25. The van der Waals surface area contributed by atoms with E-state index >= 15 is 0 Å². The van der Waals surface area contributed by atoms with Crippen molar-refractivity contribution in [1.82, 2.24) is 4.90 Å². The number of likely N-dealkylation sites (tertiary alicyclic amines) is 1. The minimum atomic E-state index is -0.728. The Labute approximate surface area is 145 Å². The van der Waals surface area contributed by atoms with Crippen molar-refractivity contribution in [2.45, 2.75) is 46.1 Å². The first kappa shape index (κ1) is 17.3. The van der Waals surface area contributed by atoms with Gasteiger partial charge in [-0.1, -0.05) is 20.8 Å². The van der Waals surface area contributed by atoms with Crippen LogP contribution < -0.4 is 0 Å². The zero-order valence-corrected chi connectivity index (χ0v) is 14.5. The second-order valence-electron chi connectivity index (χ2n) is 8.36. The second kappa shape index (κ2) is 5.50. The first-order valence-electron chi connectivity index (χ1n) is 8.25. The van der Waals surface area contributed by atoms with E-state index in [1.807, 2.05) is 0 Å². The van der Waals surface area contributed by atoms with Crippen LogP contribution in [0.3, 0.4) is 0 Å². The van der Waals surface area contributed by atoms with Crippen LogP contribution in [0.2, 0.25) is 0 Å².